The highest BCUT2D eigenvalue weighted by Crippen LogP contribution is 2.54. The Labute approximate surface area is 356 Å². The molecule has 3 fully saturated rings. The van der Waals surface area contributed by atoms with Gasteiger partial charge >= 0.3 is 12.5 Å². The molecule has 5 atom stereocenters. The summed E-state index contributed by atoms with van der Waals surface area (Å²) in [4.78, 5) is 62.3. The molecule has 1 aromatic heterocycles. The van der Waals surface area contributed by atoms with Crippen LogP contribution in [0, 0.1) is 12.8 Å². The zero-order chi connectivity index (χ0) is 45.0. The van der Waals surface area contributed by atoms with Crippen molar-refractivity contribution >= 4 is 44.7 Å². The van der Waals surface area contributed by atoms with Crippen LogP contribution < -0.4 is 24.8 Å². The Morgan fingerprint density at radius 2 is 1.73 bits per heavy atom. The van der Waals surface area contributed by atoms with E-state index >= 15 is 8.78 Å². The van der Waals surface area contributed by atoms with Crippen molar-refractivity contribution in [3.8, 4) is 11.5 Å². The predicted octanol–water partition coefficient (Wildman–Crippen LogP) is 6.72. The third-order valence-corrected chi connectivity index (χ3v) is 15.2. The van der Waals surface area contributed by atoms with Crippen molar-refractivity contribution in [2.24, 2.45) is 5.92 Å². The van der Waals surface area contributed by atoms with Crippen LogP contribution in [0.15, 0.2) is 30.4 Å². The number of carbonyl (C=O) groups is 4. The summed E-state index contributed by atoms with van der Waals surface area (Å²) in [5, 5.41) is 4.98. The average Bonchev–Trinajstić information content (AvgIpc) is 3.55. The van der Waals surface area contributed by atoms with Gasteiger partial charge in [-0.05, 0) is 96.8 Å². The maximum atomic E-state index is 16.9. The molecule has 2 aromatic rings. The molecule has 0 unspecified atom stereocenters. The molecule has 7 rings (SSSR count). The number of pyridine rings is 1. The summed E-state index contributed by atoms with van der Waals surface area (Å²) in [6, 6.07) is -0.0230. The number of ether oxygens (including phenoxy) is 3. The molecule has 62 heavy (non-hydrogen) atoms. The summed E-state index contributed by atoms with van der Waals surface area (Å²) in [5.41, 5.74) is -4.81. The molecule has 1 saturated heterocycles. The van der Waals surface area contributed by atoms with Gasteiger partial charge in [0.05, 0.1) is 34.5 Å². The Bertz CT molecular complexity index is 2270. The topological polar surface area (TPSA) is 182 Å². The number of alkyl halides is 5. The first-order valence-electron chi connectivity index (χ1n) is 21.1. The van der Waals surface area contributed by atoms with E-state index in [-0.39, 0.29) is 29.1 Å². The van der Waals surface area contributed by atoms with Gasteiger partial charge in [0.2, 0.25) is 21.8 Å². The number of nitrogens with one attached hydrogen (secondary N) is 3. The highest BCUT2D eigenvalue weighted by molar-refractivity contribution is 7.91. The number of aromatic nitrogens is 1. The number of sulfonamides is 1. The number of halogens is 5. The lowest BCUT2D eigenvalue weighted by Gasteiger charge is -2.40. The number of benzene rings is 1. The quantitative estimate of drug-likeness (QED) is 0.208. The summed E-state index contributed by atoms with van der Waals surface area (Å²) in [6.07, 6.45) is 1.46. The van der Waals surface area contributed by atoms with Gasteiger partial charge in [0, 0.05) is 17.7 Å². The molecule has 0 radical (unpaired) electrons. The van der Waals surface area contributed by atoms with Crippen molar-refractivity contribution in [3.63, 3.8) is 0 Å². The van der Waals surface area contributed by atoms with Crippen molar-refractivity contribution in [1.29, 1.82) is 0 Å². The minimum atomic E-state index is -5.12. The largest absolute Gasteiger partial charge is 0.573 e. The van der Waals surface area contributed by atoms with Gasteiger partial charge in [0.15, 0.2) is 5.75 Å². The highest BCUT2D eigenvalue weighted by atomic mass is 32.2. The number of aryl methyl sites for hydroxylation is 1. The molecule has 340 valence electrons. The monoisotopic (exact) mass is 897 g/mol. The van der Waals surface area contributed by atoms with Crippen LogP contribution in [0.1, 0.15) is 115 Å². The van der Waals surface area contributed by atoms with Gasteiger partial charge in [-0.1, -0.05) is 31.9 Å². The second kappa shape index (κ2) is 16.4. The number of amides is 4. The number of alkyl carbamates (subject to hydrolysis) is 1. The zero-order valence-electron chi connectivity index (χ0n) is 35.0. The molecule has 4 heterocycles. The van der Waals surface area contributed by atoms with Crippen LogP contribution in [0.4, 0.5) is 26.7 Å². The van der Waals surface area contributed by atoms with E-state index < -0.39 is 116 Å². The third-order valence-electron chi connectivity index (χ3n) is 13.1. The van der Waals surface area contributed by atoms with Gasteiger partial charge < -0.3 is 29.7 Å². The molecule has 3 N–H and O–H groups in total. The number of carbonyl (C=O) groups excluding carboxylic acids is 4. The van der Waals surface area contributed by atoms with Gasteiger partial charge in [-0.15, -0.1) is 13.2 Å². The summed E-state index contributed by atoms with van der Waals surface area (Å²) >= 11 is 0. The Hall–Kier alpha value is -4.75. The molecule has 2 aliphatic carbocycles. The van der Waals surface area contributed by atoms with E-state index in [1.165, 1.54) is 20.8 Å². The van der Waals surface area contributed by atoms with E-state index in [0.29, 0.717) is 51.4 Å². The van der Waals surface area contributed by atoms with Crippen LogP contribution in [0.5, 0.6) is 11.5 Å². The summed E-state index contributed by atoms with van der Waals surface area (Å²) in [6.45, 7) is 5.21. The Morgan fingerprint density at radius 3 is 2.40 bits per heavy atom. The predicted molar refractivity (Wildman–Crippen MR) is 213 cm³/mol. The van der Waals surface area contributed by atoms with Crippen molar-refractivity contribution < 1.29 is 63.8 Å². The fraction of sp³-hybridized carbons (Fsp3) is 0.643. The number of hydrogen-bond acceptors (Lipinski definition) is 10. The molecular formula is C42H52F5N5O9S. The maximum absolute atomic E-state index is 16.9. The minimum absolute atomic E-state index is 0.0411. The summed E-state index contributed by atoms with van der Waals surface area (Å²) in [5.74, 6) is -8.71. The third kappa shape index (κ3) is 9.16. The van der Waals surface area contributed by atoms with Gasteiger partial charge in [0.25, 0.3) is 11.8 Å². The minimum Gasteiger partial charge on any atom is -0.483 e. The number of nitrogens with zero attached hydrogens (tertiary/aromatic N) is 2. The first kappa shape index (κ1) is 45.3. The lowest BCUT2D eigenvalue weighted by molar-refractivity contribution is -0.274. The summed E-state index contributed by atoms with van der Waals surface area (Å²) in [7, 11) is -4.19. The van der Waals surface area contributed by atoms with Crippen molar-refractivity contribution in [3.05, 3.63) is 41.6 Å². The SMILES string of the molecule is Cc1nc2ccc(OC(F)(F)F)cc2c2c1O[C@@]1(C[C@H]3C(=O)N[C@@](C)(C(=O)NS(=O)(=O)C4(C)CC4)[C@@H](C)/C=C\CCCCC[C@H](NC(=O)OC4CCCC4)C(=O)N3C1)CC2(F)F. The standard InChI is InChI=1S/C42H52F5N5O9S/c1-24-12-8-6-5-7-9-15-30(49-37(56)59-26-13-10-11-14-26)35(54)52-23-40(21-31(52)34(53)50-39(24,4)36(55)51-62(57,58)38(3)18-19-38)22-41(43,44)32-28-20-27(60-42(45,46)47)16-17-29(28)48-25(2)33(32)61-40/h8,12,16-17,20,24,26,30-31H,5-7,9-11,13-15,18-19,21-23H2,1-4H3,(H,49,56)(H,50,53)(H,51,55)/b12-8-/t24-,30-,31-,39+,40-/m0/s1. The Kier molecular flexibility index (Phi) is 12.0. The molecule has 1 aromatic carbocycles. The van der Waals surface area contributed by atoms with Crippen molar-refractivity contribution in [1.82, 2.24) is 25.2 Å². The first-order valence-corrected chi connectivity index (χ1v) is 22.5. The molecular weight excluding hydrogens is 846 g/mol. The van der Waals surface area contributed by atoms with Crippen LogP contribution >= 0.6 is 0 Å². The van der Waals surface area contributed by atoms with E-state index in [9.17, 15) is 40.8 Å². The van der Waals surface area contributed by atoms with E-state index in [1.807, 2.05) is 6.08 Å². The zero-order valence-corrected chi connectivity index (χ0v) is 35.8. The second-order valence-corrected chi connectivity index (χ2v) is 20.1. The fourth-order valence-electron chi connectivity index (χ4n) is 8.98. The van der Waals surface area contributed by atoms with Crippen molar-refractivity contribution in [2.75, 3.05) is 6.54 Å². The smallest absolute Gasteiger partial charge is 0.483 e. The maximum Gasteiger partial charge on any atom is 0.573 e. The highest BCUT2D eigenvalue weighted by Gasteiger charge is 2.61. The fourth-order valence-corrected chi connectivity index (χ4v) is 10.3. The van der Waals surface area contributed by atoms with Gasteiger partial charge in [-0.25, -0.2) is 27.0 Å². The molecule has 2 saturated carbocycles. The van der Waals surface area contributed by atoms with Crippen LogP contribution in [-0.2, 0) is 35.1 Å². The molecule has 1 spiro atoms. The number of rotatable bonds is 6. The number of fused-ring (bicyclic) bond motifs is 4. The van der Waals surface area contributed by atoms with Crippen molar-refractivity contribution in [2.45, 2.75) is 158 Å². The first-order chi connectivity index (χ1) is 28.9. The molecule has 3 aliphatic heterocycles. The Balaban J connectivity index is 1.28. The Morgan fingerprint density at radius 1 is 1.03 bits per heavy atom. The van der Waals surface area contributed by atoms with Crippen LogP contribution in [0.2, 0.25) is 0 Å². The molecule has 14 nitrogen and oxygen atoms in total. The average molecular weight is 898 g/mol. The van der Waals surface area contributed by atoms with E-state index in [1.54, 1.807) is 13.0 Å². The van der Waals surface area contributed by atoms with E-state index in [0.717, 1.165) is 35.9 Å². The lowest BCUT2D eigenvalue weighted by Crippen LogP contribution is -2.64. The van der Waals surface area contributed by atoms with E-state index in [4.69, 9.17) is 9.47 Å². The van der Waals surface area contributed by atoms with Crippen LogP contribution in [-0.4, -0.2) is 89.1 Å². The molecule has 5 aliphatic rings. The van der Waals surface area contributed by atoms with Crippen LogP contribution in [0.25, 0.3) is 10.9 Å². The van der Waals surface area contributed by atoms with Crippen LogP contribution in [0.3, 0.4) is 0 Å². The van der Waals surface area contributed by atoms with E-state index in [2.05, 4.69) is 25.1 Å². The molecule has 4 amide bonds. The number of allylic oxidation sites excluding steroid dienone is 1. The summed E-state index contributed by atoms with van der Waals surface area (Å²) < 4.78 is 117. The van der Waals surface area contributed by atoms with Gasteiger partial charge in [-0.3, -0.25) is 19.1 Å². The number of hydrogen-bond donors (Lipinski definition) is 3. The second-order valence-electron chi connectivity index (χ2n) is 17.9. The lowest BCUT2D eigenvalue weighted by atomic mass is 9.83. The molecule has 20 heteroatoms. The molecule has 0 bridgehead atoms. The normalized spacial score (nSPS) is 29.6. The van der Waals surface area contributed by atoms with Gasteiger partial charge in [-0.2, -0.15) is 0 Å². The van der Waals surface area contributed by atoms with Gasteiger partial charge in [0.1, 0.15) is 35.1 Å².